The van der Waals surface area contributed by atoms with Crippen molar-refractivity contribution in [1.29, 1.82) is 0 Å². The quantitative estimate of drug-likeness (QED) is 0.927. The minimum atomic E-state index is -2.93. The Hall–Kier alpha value is -1.69. The highest BCUT2D eigenvalue weighted by molar-refractivity contribution is 5.67. The van der Waals surface area contributed by atoms with Gasteiger partial charge in [-0.15, -0.1) is 0 Å². The first-order valence-corrected chi connectivity index (χ1v) is 6.47. The van der Waals surface area contributed by atoms with Gasteiger partial charge in [-0.05, 0) is 5.56 Å². The van der Waals surface area contributed by atoms with Crippen LogP contribution in [-0.4, -0.2) is 41.7 Å². The number of hydrogen-bond acceptors (Lipinski definition) is 3. The van der Waals surface area contributed by atoms with Gasteiger partial charge in [0.1, 0.15) is 6.61 Å². The molecule has 0 radical (unpaired) electrons. The maximum Gasteiger partial charge on any atom is 0.410 e. The number of carbonyl (C=O) groups excluding carboxylic acids is 1. The molecule has 0 saturated carbocycles. The van der Waals surface area contributed by atoms with Gasteiger partial charge < -0.3 is 14.7 Å². The number of rotatable bonds is 3. The number of carbonyl (C=O) groups is 1. The molecular formula is C14H17F2NO3. The van der Waals surface area contributed by atoms with E-state index in [1.165, 1.54) is 4.90 Å². The summed E-state index contributed by atoms with van der Waals surface area (Å²) in [7, 11) is 0. The van der Waals surface area contributed by atoms with E-state index in [4.69, 9.17) is 9.84 Å². The Morgan fingerprint density at radius 1 is 1.40 bits per heavy atom. The van der Waals surface area contributed by atoms with Crippen LogP contribution in [0.5, 0.6) is 0 Å². The average molecular weight is 285 g/mol. The summed E-state index contributed by atoms with van der Waals surface area (Å²) in [5.74, 6) is -4.15. The van der Waals surface area contributed by atoms with Gasteiger partial charge in [-0.2, -0.15) is 0 Å². The van der Waals surface area contributed by atoms with Crippen molar-refractivity contribution in [3.63, 3.8) is 0 Å². The van der Waals surface area contributed by atoms with Crippen molar-refractivity contribution in [3.05, 3.63) is 35.9 Å². The van der Waals surface area contributed by atoms with Crippen molar-refractivity contribution in [3.8, 4) is 0 Å². The molecule has 0 aliphatic carbocycles. The van der Waals surface area contributed by atoms with Crippen molar-refractivity contribution in [2.75, 3.05) is 19.7 Å². The average Bonchev–Trinajstić information content (AvgIpc) is 2.45. The fraction of sp³-hybridized carbons (Fsp3) is 0.500. The van der Waals surface area contributed by atoms with E-state index >= 15 is 0 Å². The highest BCUT2D eigenvalue weighted by Gasteiger charge is 2.45. The number of aliphatic hydroxyl groups is 1. The lowest BCUT2D eigenvalue weighted by atomic mass is 9.95. The Kier molecular flexibility index (Phi) is 4.54. The van der Waals surface area contributed by atoms with Gasteiger partial charge in [-0.1, -0.05) is 30.3 Å². The zero-order valence-electron chi connectivity index (χ0n) is 11.0. The summed E-state index contributed by atoms with van der Waals surface area (Å²) < 4.78 is 31.9. The molecule has 110 valence electrons. The van der Waals surface area contributed by atoms with Crippen LogP contribution < -0.4 is 0 Å². The van der Waals surface area contributed by atoms with Crippen molar-refractivity contribution in [2.24, 2.45) is 5.92 Å². The number of aliphatic hydroxyl groups excluding tert-OH is 1. The lowest BCUT2D eigenvalue weighted by Gasteiger charge is -2.36. The zero-order valence-corrected chi connectivity index (χ0v) is 11.0. The largest absolute Gasteiger partial charge is 0.445 e. The second-order valence-electron chi connectivity index (χ2n) is 4.88. The molecule has 20 heavy (non-hydrogen) atoms. The normalized spacial score (nSPS) is 21.6. The smallest absolute Gasteiger partial charge is 0.410 e. The van der Waals surface area contributed by atoms with Gasteiger partial charge >= 0.3 is 6.09 Å². The molecule has 1 N–H and O–H groups in total. The van der Waals surface area contributed by atoms with Crippen molar-refractivity contribution < 1.29 is 23.4 Å². The topological polar surface area (TPSA) is 49.8 Å². The fourth-order valence-corrected chi connectivity index (χ4v) is 2.15. The predicted molar refractivity (Wildman–Crippen MR) is 68.3 cm³/mol. The number of ether oxygens (including phenoxy) is 1. The Morgan fingerprint density at radius 3 is 2.75 bits per heavy atom. The monoisotopic (exact) mass is 285 g/mol. The van der Waals surface area contributed by atoms with Crippen molar-refractivity contribution >= 4 is 6.09 Å². The molecule has 0 spiro atoms. The van der Waals surface area contributed by atoms with Gasteiger partial charge in [0.05, 0.1) is 12.5 Å². The molecule has 1 aromatic carbocycles. The lowest BCUT2D eigenvalue weighted by Crippen LogP contribution is -2.50. The fourth-order valence-electron chi connectivity index (χ4n) is 2.15. The Bertz CT molecular complexity index is 453. The molecule has 2 rings (SSSR count). The van der Waals surface area contributed by atoms with E-state index in [-0.39, 0.29) is 19.7 Å². The number of amides is 1. The molecular weight excluding hydrogens is 268 g/mol. The molecule has 1 aromatic rings. The molecule has 4 nitrogen and oxygen atoms in total. The summed E-state index contributed by atoms with van der Waals surface area (Å²) in [5, 5.41) is 8.98. The summed E-state index contributed by atoms with van der Waals surface area (Å²) in [6, 6.07) is 9.13. The summed E-state index contributed by atoms with van der Waals surface area (Å²) >= 11 is 0. The molecule has 1 amide bonds. The van der Waals surface area contributed by atoms with Crippen LogP contribution in [0.15, 0.2) is 30.3 Å². The second kappa shape index (κ2) is 6.17. The van der Waals surface area contributed by atoms with E-state index in [0.717, 1.165) is 5.56 Å². The SMILES string of the molecule is O=C(OCc1ccccc1)N1CCC(F)(F)C(CO)C1. The number of hydrogen-bond donors (Lipinski definition) is 1. The molecule has 6 heteroatoms. The predicted octanol–water partition coefficient (Wildman–Crippen LogP) is 2.27. The first-order valence-electron chi connectivity index (χ1n) is 6.47. The second-order valence-corrected chi connectivity index (χ2v) is 4.88. The first-order chi connectivity index (χ1) is 9.53. The molecule has 1 unspecified atom stereocenters. The van der Waals surface area contributed by atoms with E-state index in [2.05, 4.69) is 0 Å². The molecule has 1 saturated heterocycles. The van der Waals surface area contributed by atoms with Crippen LogP contribution in [0, 0.1) is 5.92 Å². The van der Waals surface area contributed by atoms with E-state index in [0.29, 0.717) is 0 Å². The van der Waals surface area contributed by atoms with Gasteiger partial charge in [-0.3, -0.25) is 0 Å². The van der Waals surface area contributed by atoms with Crippen LogP contribution in [0.2, 0.25) is 0 Å². The zero-order chi connectivity index (χ0) is 14.6. The standard InChI is InChI=1S/C14H17F2NO3/c15-14(16)6-7-17(8-12(14)9-18)13(19)20-10-11-4-2-1-3-5-11/h1-5,12,18H,6-10H2. The molecule has 1 aliphatic heterocycles. The number of likely N-dealkylation sites (tertiary alicyclic amines) is 1. The molecule has 1 aliphatic rings. The van der Waals surface area contributed by atoms with E-state index in [1.807, 2.05) is 30.3 Å². The van der Waals surface area contributed by atoms with E-state index < -0.39 is 31.0 Å². The maximum atomic E-state index is 13.4. The van der Waals surface area contributed by atoms with Crippen LogP contribution in [0.25, 0.3) is 0 Å². The number of benzene rings is 1. The minimum absolute atomic E-state index is 0.0584. The summed E-state index contributed by atoms with van der Waals surface area (Å²) in [5.41, 5.74) is 0.835. The number of halogens is 2. The highest BCUT2D eigenvalue weighted by atomic mass is 19.3. The third kappa shape index (κ3) is 3.45. The van der Waals surface area contributed by atoms with Gasteiger partial charge in [0.2, 0.25) is 0 Å². The molecule has 1 atom stereocenters. The first kappa shape index (κ1) is 14.7. The third-order valence-electron chi connectivity index (χ3n) is 3.44. The van der Waals surface area contributed by atoms with Gasteiger partial charge in [0.15, 0.2) is 0 Å². The summed E-state index contributed by atoms with van der Waals surface area (Å²) in [4.78, 5) is 13.0. The van der Waals surface area contributed by atoms with Crippen LogP contribution in [0.3, 0.4) is 0 Å². The molecule has 1 fully saturated rings. The Labute approximate surface area is 116 Å². The van der Waals surface area contributed by atoms with Crippen LogP contribution >= 0.6 is 0 Å². The molecule has 0 aromatic heterocycles. The number of piperidine rings is 1. The third-order valence-corrected chi connectivity index (χ3v) is 3.44. The van der Waals surface area contributed by atoms with Crippen LogP contribution in [0.4, 0.5) is 13.6 Å². The van der Waals surface area contributed by atoms with Crippen LogP contribution in [-0.2, 0) is 11.3 Å². The Morgan fingerprint density at radius 2 is 2.10 bits per heavy atom. The van der Waals surface area contributed by atoms with Gasteiger partial charge in [0.25, 0.3) is 5.92 Å². The van der Waals surface area contributed by atoms with Crippen molar-refractivity contribution in [2.45, 2.75) is 19.0 Å². The summed E-state index contributed by atoms with van der Waals surface area (Å²) in [6.07, 6.45) is -1.07. The van der Waals surface area contributed by atoms with E-state index in [9.17, 15) is 13.6 Å². The maximum absolute atomic E-state index is 13.4. The van der Waals surface area contributed by atoms with E-state index in [1.54, 1.807) is 0 Å². The van der Waals surface area contributed by atoms with Crippen LogP contribution in [0.1, 0.15) is 12.0 Å². The van der Waals surface area contributed by atoms with Crippen molar-refractivity contribution in [1.82, 2.24) is 4.90 Å². The van der Waals surface area contributed by atoms with Gasteiger partial charge in [-0.25, -0.2) is 13.6 Å². The highest BCUT2D eigenvalue weighted by Crippen LogP contribution is 2.33. The molecule has 0 bridgehead atoms. The van der Waals surface area contributed by atoms with Gasteiger partial charge in [0, 0.05) is 19.5 Å². The number of nitrogens with zero attached hydrogens (tertiary/aromatic N) is 1. The lowest BCUT2D eigenvalue weighted by molar-refractivity contribution is -0.116. The molecule has 1 heterocycles. The minimum Gasteiger partial charge on any atom is -0.445 e. The summed E-state index contributed by atoms with van der Waals surface area (Å²) in [6.45, 7) is -0.778. The Balaban J connectivity index is 1.87. The number of alkyl halides is 2.